The zero-order valence-corrected chi connectivity index (χ0v) is 16.2. The number of benzene rings is 2. The Labute approximate surface area is 160 Å². The van der Waals surface area contributed by atoms with E-state index in [1.807, 2.05) is 75.4 Å². The van der Waals surface area contributed by atoms with Crippen LogP contribution in [-0.4, -0.2) is 36.0 Å². The highest BCUT2D eigenvalue weighted by molar-refractivity contribution is 5.68. The minimum absolute atomic E-state index is 0.295. The smallest absolute Gasteiger partial charge is 0.410 e. The lowest BCUT2D eigenvalue weighted by Crippen LogP contribution is -2.38. The first-order chi connectivity index (χ1) is 12.9. The fraction of sp³-hybridized carbons (Fsp3) is 0.364. The average Bonchev–Trinajstić information content (AvgIpc) is 2.62. The third-order valence-electron chi connectivity index (χ3n) is 3.74. The van der Waals surface area contributed by atoms with Crippen molar-refractivity contribution >= 4 is 12.4 Å². The van der Waals surface area contributed by atoms with Crippen molar-refractivity contribution in [2.75, 3.05) is 13.1 Å². The first-order valence-electron chi connectivity index (χ1n) is 9.11. The van der Waals surface area contributed by atoms with Gasteiger partial charge in [0.2, 0.25) is 0 Å². The monoisotopic (exact) mass is 369 g/mol. The van der Waals surface area contributed by atoms with Crippen molar-refractivity contribution in [1.82, 2.24) is 4.90 Å². The highest BCUT2D eigenvalue weighted by atomic mass is 16.6. The molecule has 1 amide bonds. The number of hydrogen-bond acceptors (Lipinski definition) is 4. The van der Waals surface area contributed by atoms with Crippen molar-refractivity contribution in [3.05, 3.63) is 60.2 Å². The van der Waals surface area contributed by atoms with Crippen molar-refractivity contribution in [3.63, 3.8) is 0 Å². The lowest BCUT2D eigenvalue weighted by molar-refractivity contribution is -0.108. The van der Waals surface area contributed by atoms with Gasteiger partial charge in [-0.3, -0.25) is 0 Å². The van der Waals surface area contributed by atoms with Gasteiger partial charge in [-0.1, -0.05) is 30.3 Å². The summed E-state index contributed by atoms with van der Waals surface area (Å²) in [6, 6.07) is 17.4. The number of rotatable bonds is 8. The van der Waals surface area contributed by atoms with Gasteiger partial charge in [0.05, 0.1) is 0 Å². The summed E-state index contributed by atoms with van der Waals surface area (Å²) in [6.45, 7) is 6.33. The topological polar surface area (TPSA) is 55.8 Å². The van der Waals surface area contributed by atoms with Gasteiger partial charge in [0.1, 0.15) is 23.4 Å². The molecule has 5 nitrogen and oxygen atoms in total. The van der Waals surface area contributed by atoms with Crippen LogP contribution in [0, 0.1) is 0 Å². The third kappa shape index (κ3) is 7.52. The van der Waals surface area contributed by atoms with Gasteiger partial charge in [-0.05, 0) is 57.0 Å². The Balaban J connectivity index is 1.93. The van der Waals surface area contributed by atoms with Gasteiger partial charge in [-0.2, -0.15) is 0 Å². The molecule has 2 aromatic carbocycles. The van der Waals surface area contributed by atoms with E-state index in [1.165, 1.54) is 0 Å². The summed E-state index contributed by atoms with van der Waals surface area (Å²) in [5, 5.41) is 0. The van der Waals surface area contributed by atoms with E-state index in [-0.39, 0.29) is 0 Å². The Morgan fingerprint density at radius 2 is 1.59 bits per heavy atom. The van der Waals surface area contributed by atoms with E-state index in [1.54, 1.807) is 4.90 Å². The first kappa shape index (κ1) is 20.5. The molecule has 5 heteroatoms. The number of amides is 1. The molecule has 0 aliphatic rings. The maximum absolute atomic E-state index is 12.3. The van der Waals surface area contributed by atoms with E-state index in [0.29, 0.717) is 25.9 Å². The quantitative estimate of drug-likeness (QED) is 0.624. The summed E-state index contributed by atoms with van der Waals surface area (Å²) in [4.78, 5) is 24.6. The molecule has 0 unspecified atom stereocenters. The predicted octanol–water partition coefficient (Wildman–Crippen LogP) is 4.85. The van der Waals surface area contributed by atoms with Gasteiger partial charge in [0, 0.05) is 19.5 Å². The van der Waals surface area contributed by atoms with Gasteiger partial charge in [0.25, 0.3) is 0 Å². The number of hydrogen-bond donors (Lipinski definition) is 0. The Bertz CT molecular complexity index is 720. The molecule has 0 aliphatic carbocycles. The second-order valence-corrected chi connectivity index (χ2v) is 7.23. The van der Waals surface area contributed by atoms with Gasteiger partial charge >= 0.3 is 6.09 Å². The fourth-order valence-electron chi connectivity index (χ4n) is 2.44. The predicted molar refractivity (Wildman–Crippen MR) is 105 cm³/mol. The molecule has 2 rings (SSSR count). The summed E-state index contributed by atoms with van der Waals surface area (Å²) in [7, 11) is 0. The standard InChI is InChI=1S/C22H27NO4/c1-22(2,3)27-21(25)23(15-7-17-24)16-14-18-10-12-20(13-11-18)26-19-8-5-4-6-9-19/h4-6,8-13,17H,7,14-16H2,1-3H3. The summed E-state index contributed by atoms with van der Waals surface area (Å²) >= 11 is 0. The number of nitrogens with zero attached hydrogens (tertiary/aromatic N) is 1. The van der Waals surface area contributed by atoms with E-state index in [2.05, 4.69) is 0 Å². The molecular weight excluding hydrogens is 342 g/mol. The molecule has 0 saturated carbocycles. The number of aldehydes is 1. The molecule has 0 saturated heterocycles. The van der Waals surface area contributed by atoms with Crippen molar-refractivity contribution in [3.8, 4) is 11.5 Å². The molecule has 0 bridgehead atoms. The van der Waals surface area contributed by atoms with E-state index in [4.69, 9.17) is 9.47 Å². The lowest BCUT2D eigenvalue weighted by atomic mass is 10.1. The Kier molecular flexibility index (Phi) is 7.41. The molecule has 144 valence electrons. The maximum Gasteiger partial charge on any atom is 0.410 e. The van der Waals surface area contributed by atoms with Crippen LogP contribution in [0.15, 0.2) is 54.6 Å². The zero-order valence-electron chi connectivity index (χ0n) is 16.2. The molecule has 0 aromatic heterocycles. The largest absolute Gasteiger partial charge is 0.457 e. The average molecular weight is 369 g/mol. The van der Waals surface area contributed by atoms with E-state index in [9.17, 15) is 9.59 Å². The molecular formula is C22H27NO4. The van der Waals surface area contributed by atoms with E-state index < -0.39 is 11.7 Å². The van der Waals surface area contributed by atoms with Crippen LogP contribution in [0.1, 0.15) is 32.8 Å². The van der Waals surface area contributed by atoms with Crippen molar-refractivity contribution in [2.24, 2.45) is 0 Å². The Morgan fingerprint density at radius 3 is 2.19 bits per heavy atom. The second kappa shape index (κ2) is 9.76. The Hall–Kier alpha value is -2.82. The number of carbonyl (C=O) groups is 2. The van der Waals surface area contributed by atoms with E-state index >= 15 is 0 Å². The summed E-state index contributed by atoms with van der Waals surface area (Å²) < 4.78 is 11.2. The summed E-state index contributed by atoms with van der Waals surface area (Å²) in [5.74, 6) is 1.55. The lowest BCUT2D eigenvalue weighted by Gasteiger charge is -2.27. The minimum Gasteiger partial charge on any atom is -0.457 e. The van der Waals surface area contributed by atoms with E-state index in [0.717, 1.165) is 23.3 Å². The van der Waals surface area contributed by atoms with Crippen LogP contribution in [0.5, 0.6) is 11.5 Å². The van der Waals surface area contributed by atoms with Crippen LogP contribution in [0.25, 0.3) is 0 Å². The van der Waals surface area contributed by atoms with Gasteiger partial charge in [-0.15, -0.1) is 0 Å². The molecule has 0 aliphatic heterocycles. The summed E-state index contributed by atoms with van der Waals surface area (Å²) in [6.07, 6.45) is 1.38. The van der Waals surface area contributed by atoms with Crippen LogP contribution in [0.2, 0.25) is 0 Å². The maximum atomic E-state index is 12.3. The highest BCUT2D eigenvalue weighted by Crippen LogP contribution is 2.21. The molecule has 0 spiro atoms. The SMILES string of the molecule is CC(C)(C)OC(=O)N(CCC=O)CCc1ccc(Oc2ccccc2)cc1. The van der Waals surface area contributed by atoms with Crippen molar-refractivity contribution in [2.45, 2.75) is 39.2 Å². The van der Waals surface area contributed by atoms with Crippen LogP contribution >= 0.6 is 0 Å². The molecule has 27 heavy (non-hydrogen) atoms. The van der Waals surface area contributed by atoms with Gasteiger partial charge in [0.15, 0.2) is 0 Å². The van der Waals surface area contributed by atoms with Gasteiger partial charge in [-0.25, -0.2) is 4.79 Å². The Morgan fingerprint density at radius 1 is 0.963 bits per heavy atom. The normalized spacial score (nSPS) is 10.9. The number of carbonyl (C=O) groups excluding carboxylic acids is 2. The summed E-state index contributed by atoms with van der Waals surface area (Å²) in [5.41, 5.74) is 0.516. The van der Waals surface area contributed by atoms with Crippen molar-refractivity contribution in [1.29, 1.82) is 0 Å². The highest BCUT2D eigenvalue weighted by Gasteiger charge is 2.21. The molecule has 0 heterocycles. The van der Waals surface area contributed by atoms with Crippen LogP contribution in [-0.2, 0) is 16.0 Å². The van der Waals surface area contributed by atoms with Crippen LogP contribution in [0.4, 0.5) is 4.79 Å². The number of ether oxygens (including phenoxy) is 2. The van der Waals surface area contributed by atoms with Gasteiger partial charge < -0.3 is 19.2 Å². The third-order valence-corrected chi connectivity index (χ3v) is 3.74. The number of para-hydroxylation sites is 1. The minimum atomic E-state index is -0.563. The molecule has 2 aromatic rings. The zero-order chi connectivity index (χ0) is 19.7. The molecule has 0 atom stereocenters. The second-order valence-electron chi connectivity index (χ2n) is 7.23. The first-order valence-corrected chi connectivity index (χ1v) is 9.11. The van der Waals surface area contributed by atoms with Crippen LogP contribution < -0.4 is 4.74 Å². The molecule has 0 radical (unpaired) electrons. The van der Waals surface area contributed by atoms with Crippen molar-refractivity contribution < 1.29 is 19.1 Å². The van der Waals surface area contributed by atoms with Crippen LogP contribution in [0.3, 0.4) is 0 Å². The molecule has 0 fully saturated rings. The molecule has 0 N–H and O–H groups in total. The fourth-order valence-corrected chi connectivity index (χ4v) is 2.44.